The number of amidine groups is 1. The van der Waals surface area contributed by atoms with E-state index in [-0.39, 0.29) is 35.7 Å². The molecule has 2 N–H and O–H groups in total. The second-order valence-corrected chi connectivity index (χ2v) is 8.66. The highest BCUT2D eigenvalue weighted by Gasteiger charge is 2.31. The van der Waals surface area contributed by atoms with Crippen LogP contribution < -0.4 is 10.6 Å². The molecule has 2 aromatic rings. The topological polar surface area (TPSA) is 100 Å². The number of aliphatic imine (C=N–C) groups is 1. The Bertz CT molecular complexity index is 1230. The van der Waals surface area contributed by atoms with Crippen molar-refractivity contribution in [3.05, 3.63) is 77.5 Å². The monoisotopic (exact) mass is 486 g/mol. The van der Waals surface area contributed by atoms with E-state index in [4.69, 9.17) is 4.74 Å². The number of rotatable bonds is 5. The van der Waals surface area contributed by atoms with Crippen molar-refractivity contribution in [2.75, 3.05) is 25.0 Å². The first-order valence-corrected chi connectivity index (χ1v) is 12.1. The van der Waals surface area contributed by atoms with Gasteiger partial charge in [-0.2, -0.15) is 0 Å². The summed E-state index contributed by atoms with van der Waals surface area (Å²) in [5, 5.41) is 6.07. The number of fused-ring (bicyclic) bond motifs is 1. The Morgan fingerprint density at radius 1 is 1.08 bits per heavy atom. The summed E-state index contributed by atoms with van der Waals surface area (Å²) in [7, 11) is 0. The van der Waals surface area contributed by atoms with Crippen LogP contribution in [-0.4, -0.2) is 48.2 Å². The molecule has 0 atom stereocenters. The van der Waals surface area contributed by atoms with Crippen molar-refractivity contribution in [2.45, 2.75) is 26.7 Å². The maximum Gasteiger partial charge on any atom is 0.343 e. The van der Waals surface area contributed by atoms with Crippen molar-refractivity contribution in [3.8, 4) is 0 Å². The number of anilines is 1. The van der Waals surface area contributed by atoms with E-state index in [1.807, 2.05) is 54.6 Å². The Labute approximate surface area is 210 Å². The number of carbonyl (C=O) groups excluding carboxylic acids is 3. The number of hydrogen-bond donors (Lipinski definition) is 2. The number of hydrogen-bond acceptors (Lipinski definition) is 6. The second-order valence-electron chi connectivity index (χ2n) is 8.66. The molecule has 0 bridgehead atoms. The zero-order valence-electron chi connectivity index (χ0n) is 20.5. The number of nitrogens with zero attached hydrogens (tertiary/aromatic N) is 2. The van der Waals surface area contributed by atoms with Crippen molar-refractivity contribution in [3.63, 3.8) is 0 Å². The number of nitrogens with one attached hydrogen (secondary N) is 2. The number of likely N-dealkylation sites (tertiary alicyclic amines) is 1. The van der Waals surface area contributed by atoms with Gasteiger partial charge in [0.05, 0.1) is 18.0 Å². The minimum Gasteiger partial charge on any atom is -0.462 e. The molecule has 1 fully saturated rings. The average molecular weight is 487 g/mol. The fourth-order valence-corrected chi connectivity index (χ4v) is 4.26. The molecule has 0 spiro atoms. The summed E-state index contributed by atoms with van der Waals surface area (Å²) in [5.41, 5.74) is 3.04. The molecule has 2 aromatic carbocycles. The van der Waals surface area contributed by atoms with Gasteiger partial charge in [-0.15, -0.1) is 0 Å². The molecule has 0 unspecified atom stereocenters. The molecule has 2 aliphatic rings. The summed E-state index contributed by atoms with van der Waals surface area (Å²) in [4.78, 5) is 44.9. The van der Waals surface area contributed by atoms with Gasteiger partial charge in [0, 0.05) is 30.8 Å². The summed E-state index contributed by atoms with van der Waals surface area (Å²) in [5.74, 6) is -0.992. The van der Waals surface area contributed by atoms with Crippen LogP contribution in [0, 0.1) is 5.92 Å². The molecule has 186 valence electrons. The minimum atomic E-state index is -0.556. The lowest BCUT2D eigenvalue weighted by Crippen LogP contribution is -2.45. The van der Waals surface area contributed by atoms with E-state index in [0.717, 1.165) is 11.3 Å². The van der Waals surface area contributed by atoms with Gasteiger partial charge >= 0.3 is 5.97 Å². The van der Waals surface area contributed by atoms with Crippen LogP contribution in [0.3, 0.4) is 0 Å². The summed E-state index contributed by atoms with van der Waals surface area (Å²) < 4.78 is 5.24. The normalized spacial score (nSPS) is 16.1. The van der Waals surface area contributed by atoms with Crippen LogP contribution in [0.15, 0.2) is 76.9 Å². The standard InChI is InChI=1S/C28H30N4O4/c1-3-36-28(35)25-19(2)29-22-11-7-8-12-23(22)30-26(25)31-27(34)21-15-17-32(18-16-21)24(33)14-13-20-9-5-4-6-10-20/h4-14,21,29H,3,15-18H2,1-2H3,(H,30,31,34)/b14-13+. The van der Waals surface area contributed by atoms with E-state index < -0.39 is 5.97 Å². The minimum absolute atomic E-state index is 0.0725. The van der Waals surface area contributed by atoms with Gasteiger partial charge in [0.1, 0.15) is 11.4 Å². The van der Waals surface area contributed by atoms with Crippen LogP contribution in [0.5, 0.6) is 0 Å². The van der Waals surface area contributed by atoms with E-state index in [0.29, 0.717) is 37.3 Å². The molecule has 0 aromatic heterocycles. The molecule has 0 saturated carbocycles. The largest absolute Gasteiger partial charge is 0.462 e. The fraction of sp³-hybridized carbons (Fsp3) is 0.286. The van der Waals surface area contributed by atoms with Crippen molar-refractivity contribution >= 4 is 41.1 Å². The first kappa shape index (κ1) is 24.9. The zero-order valence-corrected chi connectivity index (χ0v) is 20.5. The smallest absolute Gasteiger partial charge is 0.343 e. The lowest BCUT2D eigenvalue weighted by molar-refractivity contribution is -0.138. The maximum atomic E-state index is 13.2. The van der Waals surface area contributed by atoms with Gasteiger partial charge in [0.15, 0.2) is 0 Å². The third-order valence-corrected chi connectivity index (χ3v) is 6.19. The quantitative estimate of drug-likeness (QED) is 0.491. The molecular weight excluding hydrogens is 456 g/mol. The van der Waals surface area contributed by atoms with E-state index in [1.54, 1.807) is 30.9 Å². The van der Waals surface area contributed by atoms with E-state index in [1.165, 1.54) is 0 Å². The molecule has 4 rings (SSSR count). The van der Waals surface area contributed by atoms with Gasteiger partial charge in [-0.1, -0.05) is 42.5 Å². The van der Waals surface area contributed by atoms with E-state index >= 15 is 0 Å². The van der Waals surface area contributed by atoms with Crippen LogP contribution in [0.1, 0.15) is 32.3 Å². The van der Waals surface area contributed by atoms with Gasteiger partial charge in [0.25, 0.3) is 0 Å². The molecule has 36 heavy (non-hydrogen) atoms. The summed E-state index contributed by atoms with van der Waals surface area (Å²) in [6, 6.07) is 17.0. The third-order valence-electron chi connectivity index (χ3n) is 6.19. The highest BCUT2D eigenvalue weighted by Crippen LogP contribution is 2.30. The summed E-state index contributed by atoms with van der Waals surface area (Å²) >= 11 is 0. The van der Waals surface area contributed by atoms with Crippen LogP contribution in [-0.2, 0) is 19.1 Å². The van der Waals surface area contributed by atoms with Crippen LogP contribution in [0.2, 0.25) is 0 Å². The number of amides is 2. The molecule has 0 aliphatic carbocycles. The number of ether oxygens (including phenoxy) is 1. The molecule has 8 heteroatoms. The average Bonchev–Trinajstić information content (AvgIpc) is 3.03. The third kappa shape index (κ3) is 5.89. The Hall–Kier alpha value is -4.20. The number of benzene rings is 2. The Morgan fingerprint density at radius 2 is 1.78 bits per heavy atom. The Morgan fingerprint density at radius 3 is 2.50 bits per heavy atom. The number of allylic oxidation sites excluding steroid dienone is 1. The van der Waals surface area contributed by atoms with Gasteiger partial charge in [-0.3, -0.25) is 9.59 Å². The first-order chi connectivity index (χ1) is 17.5. The van der Waals surface area contributed by atoms with Crippen LogP contribution in [0.25, 0.3) is 6.08 Å². The molecule has 1 saturated heterocycles. The number of esters is 1. The van der Waals surface area contributed by atoms with Crippen molar-refractivity contribution in [1.82, 2.24) is 10.2 Å². The highest BCUT2D eigenvalue weighted by molar-refractivity contribution is 6.24. The Balaban J connectivity index is 1.44. The van der Waals surface area contributed by atoms with Gasteiger partial charge in [-0.25, -0.2) is 9.79 Å². The predicted molar refractivity (Wildman–Crippen MR) is 139 cm³/mol. The SMILES string of the molecule is CCOC(=O)C1=C(C)Nc2ccccc2N=C1NC(=O)C1CCN(C(=O)/C=C/c2ccccc2)CC1. The van der Waals surface area contributed by atoms with Crippen molar-refractivity contribution in [2.24, 2.45) is 10.9 Å². The fourth-order valence-electron chi connectivity index (χ4n) is 4.26. The van der Waals surface area contributed by atoms with Gasteiger partial charge in [0.2, 0.25) is 11.8 Å². The molecule has 0 radical (unpaired) electrons. The summed E-state index contributed by atoms with van der Waals surface area (Å²) in [6.07, 6.45) is 4.41. The van der Waals surface area contributed by atoms with Crippen LogP contribution in [0.4, 0.5) is 11.4 Å². The van der Waals surface area contributed by atoms with Gasteiger partial charge in [-0.05, 0) is 50.5 Å². The molecular formula is C28H30N4O4. The lowest BCUT2D eigenvalue weighted by Gasteiger charge is -2.30. The predicted octanol–water partition coefficient (Wildman–Crippen LogP) is 4.05. The van der Waals surface area contributed by atoms with Crippen molar-refractivity contribution in [1.29, 1.82) is 0 Å². The molecule has 2 amide bonds. The van der Waals surface area contributed by atoms with Gasteiger partial charge < -0.3 is 20.3 Å². The van der Waals surface area contributed by atoms with Crippen molar-refractivity contribution < 1.29 is 19.1 Å². The molecule has 2 heterocycles. The zero-order chi connectivity index (χ0) is 25.5. The second kappa shape index (κ2) is 11.5. The number of para-hydroxylation sites is 2. The first-order valence-electron chi connectivity index (χ1n) is 12.1. The van der Waals surface area contributed by atoms with Crippen LogP contribution >= 0.6 is 0 Å². The highest BCUT2D eigenvalue weighted by atomic mass is 16.5. The molecule has 2 aliphatic heterocycles. The number of piperidine rings is 1. The van der Waals surface area contributed by atoms with E-state index in [9.17, 15) is 14.4 Å². The molecule has 8 nitrogen and oxygen atoms in total. The summed E-state index contributed by atoms with van der Waals surface area (Å²) in [6.45, 7) is 4.64. The van der Waals surface area contributed by atoms with E-state index in [2.05, 4.69) is 15.6 Å². The number of carbonyl (C=O) groups is 3. The Kier molecular flexibility index (Phi) is 7.95. The lowest BCUT2D eigenvalue weighted by atomic mass is 9.95. The maximum absolute atomic E-state index is 13.2.